The van der Waals surface area contributed by atoms with Gasteiger partial charge in [0.1, 0.15) is 39.2 Å². The summed E-state index contributed by atoms with van der Waals surface area (Å²) in [5.41, 5.74) is 17.4. The molecule has 2 saturated heterocycles. The van der Waals surface area contributed by atoms with Gasteiger partial charge in [0, 0.05) is 126 Å². The fourth-order valence-corrected chi connectivity index (χ4v) is 30.3. The standard InChI is InChI=1S/2C16H23BrN2O2.2C15H19BrN2O2.2C14H19BrN2O/c1-10-12-5-4-11-13(19(3)18-14(11)17)15(12,2)6-7-16(10)20-8-9-21-16;1-10-12-5-4-11-13(18-19(3)14(11)17)15(12,2)6-7-16(10)20-8-9-21-16;1-8-11-5-4-10-13(18(3)17-14(10)16)15(11,2)6-9(7-19)12(8)20;1-8-11-5-4-10-13(17-18(3)14(10)16)15(11,2)6-9(7-19)12(8)20;1-8-10-5-4-9-12(17(3)16-13(9)15)14(10,2)7-6-11(8)18;1-8-10-5-4-9-12(16-17(3)13(9)15)14(10,2)7-6-11(8)18/h2*10,12H,4-9H2,1-3H3;7-8,11H,4-6H2,1-3H3,(H,19,20);7-8,11,19H,4-6H2,1-3H3;2*8,10H,4-7H2,1-3H3/p+3/b;;;9-7-;;/t2*10-,12-,15-;2*8-,11-,15-;2*8-,10-,14-/m000000/s1. The molecule has 0 radical (unpaired) electrons. The zero-order valence-corrected chi connectivity index (χ0v) is 81.9. The normalized spacial score (nSPS) is 36.0. The second-order valence-corrected chi connectivity index (χ2v) is 43.7. The Hall–Kier alpha value is -4.26. The second kappa shape index (κ2) is 32.6. The first-order valence-corrected chi connectivity index (χ1v) is 48.2. The van der Waals surface area contributed by atoms with E-state index >= 15 is 0 Å². The van der Waals surface area contributed by atoms with Crippen LogP contribution in [-0.2, 0) is 151 Å². The number of aromatic amines is 3. The molecule has 6 aromatic heterocycles. The molecule has 2 spiro atoms. The summed E-state index contributed by atoms with van der Waals surface area (Å²) in [4.78, 5) is 48.5. The topological polar surface area (TPSA) is 258 Å². The number of aliphatic hydroxyl groups is 2. The highest BCUT2D eigenvalue weighted by molar-refractivity contribution is 9.11. The minimum atomic E-state index is -0.326. The first-order chi connectivity index (χ1) is 55.6. The highest BCUT2D eigenvalue weighted by atomic mass is 79.9. The van der Waals surface area contributed by atoms with Gasteiger partial charge in [-0.1, -0.05) is 62.3 Å². The van der Waals surface area contributed by atoms with E-state index < -0.39 is 0 Å². The molecule has 0 unspecified atom stereocenters. The Kier molecular flexibility index (Phi) is 24.5. The number of H-pyrrole nitrogens is 3. The van der Waals surface area contributed by atoms with Crippen molar-refractivity contribution in [3.8, 4) is 0 Å². The molecule has 22 nitrogen and oxygen atoms in total. The molecule has 20 rings (SSSR count). The lowest BCUT2D eigenvalue weighted by Gasteiger charge is -2.53. The van der Waals surface area contributed by atoms with Crippen LogP contribution < -0.4 is 14.0 Å². The lowest BCUT2D eigenvalue weighted by Crippen LogP contribution is -2.58. The number of allylic oxidation sites excluding steroid dienone is 2. The number of carbonyl (C=O) groups is 4. The maximum atomic E-state index is 12.3. The van der Waals surface area contributed by atoms with Crippen LogP contribution in [-0.4, -0.2) is 116 Å². The molecule has 118 heavy (non-hydrogen) atoms. The molecule has 6 saturated carbocycles. The van der Waals surface area contributed by atoms with E-state index in [-0.39, 0.29) is 79.3 Å². The predicted molar refractivity (Wildman–Crippen MR) is 469 cm³/mol. The average Bonchev–Trinajstić information content (AvgIpc) is 1.49. The Morgan fingerprint density at radius 3 is 1.04 bits per heavy atom. The molecule has 18 atom stereocenters. The monoisotopic (exact) mass is 2010 g/mol. The summed E-state index contributed by atoms with van der Waals surface area (Å²) >= 11 is 21.9. The number of hydrogen-bond donors (Lipinski definition) is 5. The number of ether oxygens (including phenoxy) is 4. The van der Waals surface area contributed by atoms with Crippen molar-refractivity contribution in [2.24, 2.45) is 113 Å². The predicted octanol–water partition coefficient (Wildman–Crippen LogP) is 16.7. The summed E-state index contributed by atoms with van der Waals surface area (Å²) in [6, 6.07) is 0. The number of fused-ring (bicyclic) bond motifs is 18. The van der Waals surface area contributed by atoms with Crippen LogP contribution in [0.15, 0.2) is 51.3 Å². The maximum Gasteiger partial charge on any atom is 0.218 e. The lowest BCUT2D eigenvalue weighted by molar-refractivity contribution is -0.738. The lowest BCUT2D eigenvalue weighted by atomic mass is 9.55. The molecule has 0 aromatic carbocycles. The van der Waals surface area contributed by atoms with Gasteiger partial charge in [0.2, 0.25) is 17.1 Å². The molecule has 0 bridgehead atoms. The van der Waals surface area contributed by atoms with Gasteiger partial charge in [-0.2, -0.15) is 30.6 Å². The number of nitrogens with zero attached hydrogens (tertiary/aromatic N) is 9. The van der Waals surface area contributed by atoms with E-state index in [1.807, 2.05) is 56.1 Å². The number of aliphatic hydroxyl groups excluding tert-OH is 2. The van der Waals surface area contributed by atoms with Gasteiger partial charge in [-0.3, -0.25) is 33.2 Å². The summed E-state index contributed by atoms with van der Waals surface area (Å²) < 4.78 is 43.0. The SMILES string of the molecule is C[C@@H]1C(=O)/C(=C\O)C[C@]2(C)c3c(c(Br)[nH][n+]3C)CC[C@@H]12.C[C@@H]1C(=O)/C(=C\O)C[C@]2(C)c3nn(C)c(Br)c3CC[C@@H]12.C[C@@H]1C(=O)CC[C@]2(C)c3c(c(Br)[nH][n+]3C)CC[C@@H]12.C[C@@H]1C(=O)CC[C@]2(C)c3nn(C)c(Br)c3CC[C@@H]12.C[C@H]1[C@@H]2CCc3c(Br)[nH][n+](C)c3[C@@]2(C)CCC12OCCO2.C[C@H]1[C@@H]2CCc3c(nn(C)c3Br)[C@@]2(C)CCC12OCCO2. The minimum absolute atomic E-state index is 0.0334. The van der Waals surface area contributed by atoms with Gasteiger partial charge in [0.25, 0.3) is 0 Å². The molecule has 5 N–H and O–H groups in total. The Morgan fingerprint density at radius 1 is 0.381 bits per heavy atom. The molecule has 644 valence electrons. The fraction of sp³-hybridized carbons (Fsp3) is 0.711. The van der Waals surface area contributed by atoms with Crippen molar-refractivity contribution in [2.45, 2.75) is 268 Å². The van der Waals surface area contributed by atoms with Crippen LogP contribution in [0.4, 0.5) is 0 Å². The largest absolute Gasteiger partial charge is 0.515 e. The van der Waals surface area contributed by atoms with Crippen molar-refractivity contribution in [3.05, 3.63) is 119 Å². The number of nitrogens with one attached hydrogen (secondary N) is 3. The number of Topliss-reactive ketones (excluding diaryl/α,β-unsaturated/α-hetero) is 4. The maximum absolute atomic E-state index is 12.3. The number of halogens is 6. The Morgan fingerprint density at radius 2 is 0.661 bits per heavy atom. The van der Waals surface area contributed by atoms with Crippen LogP contribution in [0.25, 0.3) is 0 Å². The molecule has 6 aromatic rings. The van der Waals surface area contributed by atoms with Gasteiger partial charge in [-0.15, -0.1) is 14.0 Å². The molecule has 2 aliphatic heterocycles. The highest BCUT2D eigenvalue weighted by Crippen LogP contribution is 2.61. The smallest absolute Gasteiger partial charge is 0.218 e. The quantitative estimate of drug-likeness (QED) is 0.0539. The van der Waals surface area contributed by atoms with Crippen LogP contribution in [0.3, 0.4) is 0 Å². The molecular weight excluding hydrogens is 1890 g/mol. The van der Waals surface area contributed by atoms with E-state index in [4.69, 9.17) is 29.1 Å². The first kappa shape index (κ1) is 88.6. The summed E-state index contributed by atoms with van der Waals surface area (Å²) in [5, 5.41) is 43.1. The summed E-state index contributed by atoms with van der Waals surface area (Å²) in [6.45, 7) is 29.7. The van der Waals surface area contributed by atoms with Crippen molar-refractivity contribution in [1.29, 1.82) is 0 Å². The molecule has 8 heterocycles. The van der Waals surface area contributed by atoms with E-state index in [1.165, 1.54) is 74.7 Å². The third-order valence-corrected chi connectivity index (χ3v) is 38.2. The van der Waals surface area contributed by atoms with E-state index in [2.05, 4.69) is 213 Å². The number of ketones is 4. The summed E-state index contributed by atoms with van der Waals surface area (Å²) in [7, 11) is 12.2. The third kappa shape index (κ3) is 14.1. The average molecular weight is 2010 g/mol. The number of carbonyl (C=O) groups excluding carboxylic acids is 4. The Balaban J connectivity index is 0.000000111. The number of aromatic nitrogens is 12. The van der Waals surface area contributed by atoms with Gasteiger partial charge in [0.15, 0.2) is 44.3 Å². The van der Waals surface area contributed by atoms with E-state index in [0.29, 0.717) is 89.3 Å². The van der Waals surface area contributed by atoms with Crippen LogP contribution in [0.2, 0.25) is 0 Å². The Bertz CT molecular complexity index is 5010. The van der Waals surface area contributed by atoms with E-state index in [1.54, 1.807) is 0 Å². The van der Waals surface area contributed by atoms with Crippen molar-refractivity contribution in [1.82, 2.24) is 44.6 Å². The van der Waals surface area contributed by atoms with Crippen LogP contribution in [0.5, 0.6) is 0 Å². The van der Waals surface area contributed by atoms with Gasteiger partial charge < -0.3 is 29.2 Å². The van der Waals surface area contributed by atoms with Crippen LogP contribution >= 0.6 is 95.6 Å². The highest BCUT2D eigenvalue weighted by Gasteiger charge is 2.63. The minimum Gasteiger partial charge on any atom is -0.515 e. The van der Waals surface area contributed by atoms with Crippen molar-refractivity contribution >= 4 is 119 Å². The number of aryl methyl sites for hydroxylation is 6. The fourth-order valence-electron chi connectivity index (χ4n) is 27.0. The van der Waals surface area contributed by atoms with E-state index in [9.17, 15) is 29.4 Å². The molecule has 28 heteroatoms. The summed E-state index contributed by atoms with van der Waals surface area (Å²) in [6.07, 6.45) is 23.8. The van der Waals surface area contributed by atoms with Gasteiger partial charge >= 0.3 is 0 Å². The third-order valence-electron chi connectivity index (χ3n) is 33.3. The van der Waals surface area contributed by atoms with Crippen LogP contribution in [0.1, 0.15) is 253 Å². The molecule has 0 amide bonds. The zero-order chi connectivity index (χ0) is 85.1. The van der Waals surface area contributed by atoms with Gasteiger partial charge in [-0.05, 0) is 267 Å². The van der Waals surface area contributed by atoms with Gasteiger partial charge in [0.05, 0.1) is 89.0 Å². The van der Waals surface area contributed by atoms with Crippen molar-refractivity contribution in [3.63, 3.8) is 0 Å². The number of rotatable bonds is 0. The van der Waals surface area contributed by atoms with Crippen molar-refractivity contribution in [2.75, 3.05) is 26.4 Å². The molecular formula is C90H125Br6N12O10+3. The molecule has 12 aliphatic carbocycles. The van der Waals surface area contributed by atoms with Gasteiger partial charge in [-0.25, -0.2) is 0 Å². The molecule has 14 aliphatic rings. The van der Waals surface area contributed by atoms with Crippen LogP contribution in [0, 0.1) is 71.0 Å². The second-order valence-electron chi connectivity index (χ2n) is 39.1. The number of hydrogen-bond acceptors (Lipinski definition) is 13. The van der Waals surface area contributed by atoms with Crippen molar-refractivity contribution < 1.29 is 62.4 Å². The van der Waals surface area contributed by atoms with E-state index in [0.717, 1.165) is 181 Å². The molecule has 8 fully saturated rings. The Labute approximate surface area is 746 Å². The zero-order valence-electron chi connectivity index (χ0n) is 72.4. The first-order valence-electron chi connectivity index (χ1n) is 43.5. The summed E-state index contributed by atoms with van der Waals surface area (Å²) in [5.74, 6) is 4.44.